The van der Waals surface area contributed by atoms with Crippen molar-refractivity contribution >= 4 is 29.6 Å². The zero-order chi connectivity index (χ0) is 25.0. The van der Waals surface area contributed by atoms with Gasteiger partial charge < -0.3 is 9.26 Å². The number of hydrogen-bond donors (Lipinski definition) is 0. The molecule has 0 saturated carbocycles. The summed E-state index contributed by atoms with van der Waals surface area (Å²) in [6.45, 7) is 6.28. The summed E-state index contributed by atoms with van der Waals surface area (Å²) < 4.78 is 67.7. The molecule has 12 heteroatoms. The van der Waals surface area contributed by atoms with Crippen molar-refractivity contribution < 1.29 is 31.6 Å². The van der Waals surface area contributed by atoms with Crippen molar-refractivity contribution in [2.45, 2.75) is 20.0 Å². The van der Waals surface area contributed by atoms with E-state index in [4.69, 9.17) is 20.9 Å². The maximum absolute atomic E-state index is 14.6. The lowest BCUT2D eigenvalue weighted by molar-refractivity contribution is -0.142. The van der Waals surface area contributed by atoms with Crippen molar-refractivity contribution in [2.24, 2.45) is 4.99 Å². The van der Waals surface area contributed by atoms with Crippen LogP contribution in [0.25, 0.3) is 28.4 Å². The Kier molecular flexibility index (Phi) is 7.35. The van der Waals surface area contributed by atoms with Crippen LogP contribution < -0.4 is 0 Å². The monoisotopic (exact) mass is 496 g/mol. The minimum atomic E-state index is -4.96. The highest BCUT2D eigenvalue weighted by molar-refractivity contribution is 6.33. The van der Waals surface area contributed by atoms with Gasteiger partial charge in [-0.25, -0.2) is 18.9 Å². The van der Waals surface area contributed by atoms with Crippen LogP contribution in [0.5, 0.6) is 0 Å². The molecule has 0 atom stereocenters. The van der Waals surface area contributed by atoms with E-state index in [0.29, 0.717) is 4.68 Å². The summed E-state index contributed by atoms with van der Waals surface area (Å²) in [7, 11) is 0. The second-order valence-corrected chi connectivity index (χ2v) is 6.94. The Bertz CT molecular complexity index is 1270. The van der Waals surface area contributed by atoms with Crippen molar-refractivity contribution in [3.63, 3.8) is 0 Å². The largest absolute Gasteiger partial charge is 0.462 e. The fourth-order valence-corrected chi connectivity index (χ4v) is 3.36. The average Bonchev–Trinajstić information content (AvgIpc) is 3.39. The molecular weight excluding hydrogens is 480 g/mol. The molecule has 2 aromatic heterocycles. The van der Waals surface area contributed by atoms with E-state index in [1.165, 1.54) is 44.3 Å². The average molecular weight is 497 g/mol. The van der Waals surface area contributed by atoms with Crippen molar-refractivity contribution in [3.8, 4) is 22.6 Å². The summed E-state index contributed by atoms with van der Waals surface area (Å²) in [6, 6.07) is 3.71. The van der Waals surface area contributed by atoms with E-state index in [9.17, 15) is 22.4 Å². The summed E-state index contributed by atoms with van der Waals surface area (Å²) in [5, 5.41) is 7.33. The van der Waals surface area contributed by atoms with Crippen LogP contribution in [-0.2, 0) is 10.9 Å². The van der Waals surface area contributed by atoms with Gasteiger partial charge in [-0.05, 0) is 32.1 Å². The maximum Gasteiger partial charge on any atom is 0.434 e. The lowest BCUT2D eigenvalue weighted by Gasteiger charge is -2.12. The highest BCUT2D eigenvalue weighted by Crippen LogP contribution is 2.43. The van der Waals surface area contributed by atoms with Gasteiger partial charge in [-0.2, -0.15) is 18.3 Å². The number of aromatic nitrogens is 3. The maximum atomic E-state index is 14.6. The smallest absolute Gasteiger partial charge is 0.434 e. The molecule has 0 saturated heterocycles. The molecule has 3 aromatic rings. The zero-order valence-corrected chi connectivity index (χ0v) is 18.6. The van der Waals surface area contributed by atoms with E-state index < -0.39 is 46.2 Å². The van der Waals surface area contributed by atoms with Crippen molar-refractivity contribution in [1.82, 2.24) is 14.9 Å². The topological polar surface area (TPSA) is 82.5 Å². The SMILES string of the molecule is C=C/C=N\C(=C/C)n1ncc(-c2onc(-c3c(F)cccc3Cl)c2C(=O)OCC)c1C(F)(F)F. The summed E-state index contributed by atoms with van der Waals surface area (Å²) >= 11 is 6.09. The molecular formula is C22H17ClF4N4O3. The van der Waals surface area contributed by atoms with Crippen LogP contribution in [0.2, 0.25) is 5.02 Å². The van der Waals surface area contributed by atoms with Gasteiger partial charge in [-0.3, -0.25) is 0 Å². The fraction of sp³-hybridized carbons (Fsp3) is 0.182. The molecule has 1 aromatic carbocycles. The van der Waals surface area contributed by atoms with E-state index >= 15 is 0 Å². The van der Waals surface area contributed by atoms with E-state index in [0.717, 1.165) is 12.3 Å². The number of benzene rings is 1. The standard InChI is InChI=1S/C22H17ClF4N4O3/c1-4-10-28-15(5-2)31-20(22(25,26)27)12(11-29-31)19-17(21(32)33-6-3)18(30-34-19)16-13(23)8-7-9-14(16)24/h4-5,7-11H,1,6H2,2-3H3/b15-5+,28-10-. The van der Waals surface area contributed by atoms with Gasteiger partial charge in [0.1, 0.15) is 22.9 Å². The number of aliphatic imine (C=N–C) groups is 1. The van der Waals surface area contributed by atoms with Crippen molar-refractivity contribution in [2.75, 3.05) is 6.61 Å². The van der Waals surface area contributed by atoms with Crippen LogP contribution in [0.1, 0.15) is 29.9 Å². The van der Waals surface area contributed by atoms with Crippen LogP contribution in [0.3, 0.4) is 0 Å². The minimum Gasteiger partial charge on any atom is -0.462 e. The molecule has 0 amide bonds. The third-order valence-corrected chi connectivity index (χ3v) is 4.76. The van der Waals surface area contributed by atoms with Crippen LogP contribution in [0, 0.1) is 5.82 Å². The van der Waals surface area contributed by atoms with E-state index in [2.05, 4.69) is 21.8 Å². The summed E-state index contributed by atoms with van der Waals surface area (Å²) in [5.74, 6) is -2.73. The molecule has 0 bridgehead atoms. The van der Waals surface area contributed by atoms with Crippen molar-refractivity contribution in [3.05, 3.63) is 65.2 Å². The predicted octanol–water partition coefficient (Wildman–Crippen LogP) is 6.27. The summed E-state index contributed by atoms with van der Waals surface area (Å²) in [4.78, 5) is 16.7. The summed E-state index contributed by atoms with van der Waals surface area (Å²) in [6.07, 6.45) is -0.359. The van der Waals surface area contributed by atoms with Gasteiger partial charge in [-0.15, -0.1) is 0 Å². The highest BCUT2D eigenvalue weighted by atomic mass is 35.5. The van der Waals surface area contributed by atoms with E-state index in [1.807, 2.05) is 0 Å². The lowest BCUT2D eigenvalue weighted by atomic mass is 10.0. The van der Waals surface area contributed by atoms with Crippen molar-refractivity contribution in [1.29, 1.82) is 0 Å². The molecule has 34 heavy (non-hydrogen) atoms. The predicted molar refractivity (Wildman–Crippen MR) is 118 cm³/mol. The second kappa shape index (κ2) is 10.0. The number of allylic oxidation sites excluding steroid dienone is 2. The first kappa shape index (κ1) is 24.9. The van der Waals surface area contributed by atoms with Gasteiger partial charge in [0, 0.05) is 6.21 Å². The second-order valence-electron chi connectivity index (χ2n) is 6.53. The Labute approximate surface area is 196 Å². The third kappa shape index (κ3) is 4.65. The Balaban J connectivity index is 2.35. The number of rotatable bonds is 7. The Morgan fingerprint density at radius 3 is 2.71 bits per heavy atom. The number of carbonyl (C=O) groups excluding carboxylic acids is 1. The molecule has 0 unspecified atom stereocenters. The van der Waals surface area contributed by atoms with Gasteiger partial charge in [0.2, 0.25) is 0 Å². The van der Waals surface area contributed by atoms with Crippen LogP contribution in [0.4, 0.5) is 17.6 Å². The number of hydrogen-bond acceptors (Lipinski definition) is 6. The molecule has 7 nitrogen and oxygen atoms in total. The zero-order valence-electron chi connectivity index (χ0n) is 17.9. The number of carbonyl (C=O) groups is 1. The first-order chi connectivity index (χ1) is 16.1. The third-order valence-electron chi connectivity index (χ3n) is 4.44. The van der Waals surface area contributed by atoms with Gasteiger partial charge in [0.05, 0.1) is 29.0 Å². The first-order valence-corrected chi connectivity index (χ1v) is 10.1. The molecule has 0 aliphatic rings. The quantitative estimate of drug-likeness (QED) is 0.219. The van der Waals surface area contributed by atoms with E-state index in [-0.39, 0.29) is 23.0 Å². The first-order valence-electron chi connectivity index (χ1n) is 9.74. The number of ether oxygens (including phenoxy) is 1. The van der Waals surface area contributed by atoms with Crippen LogP contribution >= 0.6 is 11.6 Å². The molecule has 0 N–H and O–H groups in total. The van der Waals surface area contributed by atoms with Gasteiger partial charge in [0.25, 0.3) is 0 Å². The summed E-state index contributed by atoms with van der Waals surface area (Å²) in [5.41, 5.74) is -3.19. The number of halogens is 5. The van der Waals surface area contributed by atoms with Gasteiger partial charge in [0.15, 0.2) is 11.5 Å². The molecule has 2 heterocycles. The Morgan fingerprint density at radius 2 is 2.12 bits per heavy atom. The molecule has 0 aliphatic heterocycles. The van der Waals surface area contributed by atoms with Crippen LogP contribution in [-0.4, -0.2) is 33.7 Å². The molecule has 0 fully saturated rings. The van der Waals surface area contributed by atoms with Gasteiger partial charge in [-0.1, -0.05) is 35.5 Å². The highest BCUT2D eigenvalue weighted by Gasteiger charge is 2.42. The molecule has 3 rings (SSSR count). The minimum absolute atomic E-state index is 0.113. The normalized spacial score (nSPS) is 12.4. The van der Waals surface area contributed by atoms with Crippen LogP contribution in [0.15, 0.2) is 52.6 Å². The van der Waals surface area contributed by atoms with E-state index in [1.54, 1.807) is 0 Å². The fourth-order valence-electron chi connectivity index (χ4n) is 3.10. The number of esters is 1. The number of alkyl halides is 3. The molecule has 0 spiro atoms. The molecule has 0 aliphatic carbocycles. The van der Waals surface area contributed by atoms with Gasteiger partial charge >= 0.3 is 12.1 Å². The lowest BCUT2D eigenvalue weighted by Crippen LogP contribution is -2.15. The Hall–Kier alpha value is -3.73. The Morgan fingerprint density at radius 1 is 1.38 bits per heavy atom. The molecule has 0 radical (unpaired) electrons. The number of nitrogens with zero attached hydrogens (tertiary/aromatic N) is 4. The molecule has 178 valence electrons.